The monoisotopic (exact) mass is 345 g/mol. The molecule has 2 aromatic rings. The van der Waals surface area contributed by atoms with Crippen molar-refractivity contribution in [3.05, 3.63) is 46.4 Å². The number of ether oxygens (including phenoxy) is 1. The van der Waals surface area contributed by atoms with Crippen LogP contribution in [-0.2, 0) is 21.4 Å². The van der Waals surface area contributed by atoms with Gasteiger partial charge in [0.1, 0.15) is 11.8 Å². The molecule has 0 aliphatic carbocycles. The minimum atomic E-state index is -1.09. The zero-order chi connectivity index (χ0) is 18.1. The van der Waals surface area contributed by atoms with Crippen molar-refractivity contribution in [3.8, 4) is 5.69 Å². The predicted octanol–water partition coefficient (Wildman–Crippen LogP) is 1.06. The van der Waals surface area contributed by atoms with Crippen LogP contribution in [0.2, 0.25) is 0 Å². The first kappa shape index (κ1) is 17.0. The maximum absolute atomic E-state index is 12.7. The molecule has 0 spiro atoms. The quantitative estimate of drug-likeness (QED) is 0.862. The number of carbonyl (C=O) groups excluding carboxylic acids is 1. The maximum Gasteiger partial charge on any atom is 0.332 e. The minimum absolute atomic E-state index is 0.165. The second-order valence-corrected chi connectivity index (χ2v) is 5.95. The summed E-state index contributed by atoms with van der Waals surface area (Å²) in [7, 11) is 1.73. The number of hydrogen-bond acceptors (Lipinski definition) is 4. The van der Waals surface area contributed by atoms with Crippen molar-refractivity contribution in [2.45, 2.75) is 32.0 Å². The molecule has 1 aromatic heterocycles. The van der Waals surface area contributed by atoms with Gasteiger partial charge in [0.25, 0.3) is 11.5 Å². The summed E-state index contributed by atoms with van der Waals surface area (Å²) >= 11 is 0. The molecule has 2 atom stereocenters. The Kier molecular flexibility index (Phi) is 4.45. The third kappa shape index (κ3) is 3.08. The van der Waals surface area contributed by atoms with Crippen molar-refractivity contribution in [1.29, 1.82) is 0 Å². The highest BCUT2D eigenvalue weighted by Crippen LogP contribution is 2.22. The highest BCUT2D eigenvalue weighted by Gasteiger charge is 2.35. The van der Waals surface area contributed by atoms with Crippen LogP contribution in [-0.4, -0.2) is 38.6 Å². The van der Waals surface area contributed by atoms with E-state index in [2.05, 4.69) is 5.32 Å². The van der Waals surface area contributed by atoms with E-state index in [1.54, 1.807) is 30.8 Å². The number of anilines is 1. The van der Waals surface area contributed by atoms with Crippen LogP contribution in [0.25, 0.3) is 5.69 Å². The van der Waals surface area contributed by atoms with E-state index >= 15 is 0 Å². The number of carboxylic acids is 1. The maximum atomic E-state index is 12.7. The lowest BCUT2D eigenvalue weighted by Gasteiger charge is -2.11. The van der Waals surface area contributed by atoms with E-state index in [-0.39, 0.29) is 17.7 Å². The molecule has 1 aromatic carbocycles. The number of nitrogens with one attached hydrogen (secondary N) is 1. The van der Waals surface area contributed by atoms with E-state index in [1.165, 1.54) is 4.68 Å². The molecule has 25 heavy (non-hydrogen) atoms. The molecule has 1 fully saturated rings. The van der Waals surface area contributed by atoms with Gasteiger partial charge in [-0.1, -0.05) is 18.2 Å². The van der Waals surface area contributed by atoms with E-state index in [9.17, 15) is 14.4 Å². The number of nitrogens with zero attached hydrogens (tertiary/aromatic N) is 2. The Labute approximate surface area is 143 Å². The number of carboxylic acid groups (broad SMARTS) is 1. The number of aromatic nitrogens is 2. The van der Waals surface area contributed by atoms with Crippen LogP contribution in [0.15, 0.2) is 35.1 Å². The smallest absolute Gasteiger partial charge is 0.332 e. The first-order valence-electron chi connectivity index (χ1n) is 7.93. The van der Waals surface area contributed by atoms with Crippen molar-refractivity contribution >= 4 is 17.6 Å². The molecule has 1 saturated heterocycles. The molecule has 1 aliphatic rings. The standard InChI is InChI=1S/C17H19N3O5/c1-10-14(18-15(21)12-8-9-13(25-12)17(23)24)16(22)20(19(10)2)11-6-4-3-5-7-11/h3-7,12-13H,8-9H2,1-2H3,(H,18,21)(H,23,24)/t12-,13+/m0/s1. The van der Waals surface area contributed by atoms with Crippen molar-refractivity contribution in [3.63, 3.8) is 0 Å². The summed E-state index contributed by atoms with van der Waals surface area (Å²) in [4.78, 5) is 36.0. The molecule has 1 aliphatic heterocycles. The van der Waals surface area contributed by atoms with Crippen LogP contribution in [0, 0.1) is 6.92 Å². The van der Waals surface area contributed by atoms with Crippen molar-refractivity contribution < 1.29 is 19.4 Å². The van der Waals surface area contributed by atoms with Crippen LogP contribution >= 0.6 is 0 Å². The molecule has 0 radical (unpaired) electrons. The van der Waals surface area contributed by atoms with Gasteiger partial charge in [-0.2, -0.15) is 0 Å². The van der Waals surface area contributed by atoms with E-state index < -0.39 is 24.1 Å². The lowest BCUT2D eigenvalue weighted by atomic mass is 10.2. The SMILES string of the molecule is Cc1c(NC(=O)[C@@H]2CC[C@H](C(=O)O)O2)c(=O)n(-c2ccccc2)n1C. The lowest BCUT2D eigenvalue weighted by Crippen LogP contribution is -2.32. The first-order valence-corrected chi connectivity index (χ1v) is 7.93. The van der Waals surface area contributed by atoms with Crippen molar-refractivity contribution in [1.82, 2.24) is 9.36 Å². The molecular weight excluding hydrogens is 326 g/mol. The van der Waals surface area contributed by atoms with Gasteiger partial charge in [0, 0.05) is 7.05 Å². The van der Waals surface area contributed by atoms with Gasteiger partial charge >= 0.3 is 5.97 Å². The highest BCUT2D eigenvalue weighted by molar-refractivity contribution is 5.95. The number of aliphatic carboxylic acids is 1. The van der Waals surface area contributed by atoms with Gasteiger partial charge in [-0.3, -0.25) is 14.3 Å². The number of carbonyl (C=O) groups is 2. The first-order chi connectivity index (χ1) is 11.9. The topological polar surface area (TPSA) is 103 Å². The molecular formula is C17H19N3O5. The Hall–Kier alpha value is -2.87. The van der Waals surface area contributed by atoms with Gasteiger partial charge in [0.2, 0.25) is 0 Å². The zero-order valence-corrected chi connectivity index (χ0v) is 13.9. The molecule has 1 amide bonds. The summed E-state index contributed by atoms with van der Waals surface area (Å²) in [5, 5.41) is 11.5. The summed E-state index contributed by atoms with van der Waals surface area (Å²) in [6, 6.07) is 9.08. The van der Waals surface area contributed by atoms with Crippen LogP contribution in [0.1, 0.15) is 18.5 Å². The van der Waals surface area contributed by atoms with Gasteiger partial charge in [-0.25, -0.2) is 9.48 Å². The molecule has 2 N–H and O–H groups in total. The summed E-state index contributed by atoms with van der Waals surface area (Å²) < 4.78 is 8.35. The molecule has 0 saturated carbocycles. The highest BCUT2D eigenvalue weighted by atomic mass is 16.5. The van der Waals surface area contributed by atoms with E-state index in [0.717, 1.165) is 0 Å². The van der Waals surface area contributed by atoms with E-state index in [0.29, 0.717) is 17.8 Å². The molecule has 8 heteroatoms. The summed E-state index contributed by atoms with van der Waals surface area (Å²) in [6.07, 6.45) is -1.27. The second-order valence-electron chi connectivity index (χ2n) is 5.95. The van der Waals surface area contributed by atoms with Gasteiger partial charge in [-0.15, -0.1) is 0 Å². The van der Waals surface area contributed by atoms with Crippen LogP contribution in [0.5, 0.6) is 0 Å². The summed E-state index contributed by atoms with van der Waals surface area (Å²) in [6.45, 7) is 1.73. The fraction of sp³-hybridized carbons (Fsp3) is 0.353. The minimum Gasteiger partial charge on any atom is -0.479 e. The average Bonchev–Trinajstić information content (AvgIpc) is 3.16. The zero-order valence-electron chi connectivity index (χ0n) is 13.9. The second kappa shape index (κ2) is 6.56. The van der Waals surface area contributed by atoms with Crippen molar-refractivity contribution in [2.24, 2.45) is 7.05 Å². The Morgan fingerprint density at radius 3 is 2.44 bits per heavy atom. The summed E-state index contributed by atoms with van der Waals surface area (Å²) in [5.41, 5.74) is 1.09. The normalized spacial score (nSPS) is 19.8. The Balaban J connectivity index is 1.86. The van der Waals surface area contributed by atoms with Crippen LogP contribution in [0.4, 0.5) is 5.69 Å². The summed E-state index contributed by atoms with van der Waals surface area (Å²) in [5.74, 6) is -1.59. The molecule has 2 heterocycles. The lowest BCUT2D eigenvalue weighted by molar-refractivity contribution is -0.150. The fourth-order valence-corrected chi connectivity index (χ4v) is 2.93. The molecule has 8 nitrogen and oxygen atoms in total. The molecule has 0 bridgehead atoms. The Bertz CT molecular complexity index is 868. The largest absolute Gasteiger partial charge is 0.479 e. The molecule has 0 unspecified atom stereocenters. The number of amides is 1. The van der Waals surface area contributed by atoms with Gasteiger partial charge in [0.05, 0.1) is 11.4 Å². The van der Waals surface area contributed by atoms with Crippen molar-refractivity contribution in [2.75, 3.05) is 5.32 Å². The fourth-order valence-electron chi connectivity index (χ4n) is 2.93. The predicted molar refractivity (Wildman–Crippen MR) is 89.9 cm³/mol. The van der Waals surface area contributed by atoms with Crippen LogP contribution < -0.4 is 10.9 Å². The Morgan fingerprint density at radius 1 is 1.20 bits per heavy atom. The molecule has 132 valence electrons. The van der Waals surface area contributed by atoms with Crippen LogP contribution in [0.3, 0.4) is 0 Å². The third-order valence-corrected chi connectivity index (χ3v) is 4.39. The number of benzene rings is 1. The van der Waals surface area contributed by atoms with Gasteiger partial charge < -0.3 is 15.2 Å². The number of para-hydroxylation sites is 1. The Morgan fingerprint density at radius 2 is 1.84 bits per heavy atom. The number of hydrogen-bond donors (Lipinski definition) is 2. The molecule has 3 rings (SSSR count). The van der Waals surface area contributed by atoms with E-state index in [4.69, 9.17) is 9.84 Å². The van der Waals surface area contributed by atoms with Gasteiger partial charge in [-0.05, 0) is 31.9 Å². The van der Waals surface area contributed by atoms with Gasteiger partial charge in [0.15, 0.2) is 6.10 Å². The number of rotatable bonds is 4. The van der Waals surface area contributed by atoms with E-state index in [1.807, 2.05) is 18.2 Å². The average molecular weight is 345 g/mol. The third-order valence-electron chi connectivity index (χ3n) is 4.39.